The van der Waals surface area contributed by atoms with Gasteiger partial charge >= 0.3 is 12.6 Å². The van der Waals surface area contributed by atoms with Crippen LogP contribution in [-0.2, 0) is 9.59 Å². The van der Waals surface area contributed by atoms with Crippen LogP contribution < -0.4 is 20.9 Å². The molecule has 10 heteroatoms. The molecule has 0 aliphatic carbocycles. The number of carbonyl (C=O) groups excluding carboxylic acids is 1. The van der Waals surface area contributed by atoms with Crippen molar-refractivity contribution in [3.8, 4) is 5.75 Å². The smallest absolute Gasteiger partial charge is 0.387 e. The average molecular weight is 359 g/mol. The predicted molar refractivity (Wildman–Crippen MR) is 81.7 cm³/mol. The normalized spacial score (nSPS) is 22.4. The van der Waals surface area contributed by atoms with Crippen molar-refractivity contribution in [2.45, 2.75) is 25.2 Å². The fourth-order valence-electron chi connectivity index (χ4n) is 2.41. The Kier molecular flexibility index (Phi) is 5.88. The molecule has 5 N–H and O–H groups in total. The minimum atomic E-state index is -2.96. The number of aliphatic hydroxyl groups is 1. The fraction of sp³-hybridized carbons (Fsp3) is 0.467. The number of hydrazine groups is 1. The monoisotopic (exact) mass is 359 g/mol. The van der Waals surface area contributed by atoms with Crippen molar-refractivity contribution in [1.29, 1.82) is 0 Å². The van der Waals surface area contributed by atoms with E-state index in [1.54, 1.807) is 6.07 Å². The average Bonchev–Trinajstić information content (AvgIpc) is 3.02. The fourth-order valence-corrected chi connectivity index (χ4v) is 2.41. The van der Waals surface area contributed by atoms with Crippen LogP contribution in [0.3, 0.4) is 0 Å². The number of rotatable bonds is 7. The van der Waals surface area contributed by atoms with Gasteiger partial charge in [-0.3, -0.25) is 10.2 Å². The SMILES string of the molecule is CC(O)(CNC(=O)C1CNNC1c1cccc(OC(F)F)c1)C(=O)O. The molecular formula is C15H19F2N3O5. The van der Waals surface area contributed by atoms with Crippen LogP contribution in [0.5, 0.6) is 5.75 Å². The minimum absolute atomic E-state index is 0.0332. The van der Waals surface area contributed by atoms with Crippen LogP contribution in [0.4, 0.5) is 8.78 Å². The van der Waals surface area contributed by atoms with Crippen molar-refractivity contribution >= 4 is 11.9 Å². The minimum Gasteiger partial charge on any atom is -0.479 e. The number of halogens is 2. The van der Waals surface area contributed by atoms with Crippen molar-refractivity contribution in [1.82, 2.24) is 16.2 Å². The highest BCUT2D eigenvalue weighted by Crippen LogP contribution is 2.28. The van der Waals surface area contributed by atoms with Crippen LogP contribution in [0.2, 0.25) is 0 Å². The third kappa shape index (κ3) is 4.84. The zero-order valence-electron chi connectivity index (χ0n) is 13.3. The maximum atomic E-state index is 12.3. The molecule has 25 heavy (non-hydrogen) atoms. The van der Waals surface area contributed by atoms with E-state index in [1.807, 2.05) is 0 Å². The number of hydrogen-bond donors (Lipinski definition) is 5. The number of benzene rings is 1. The summed E-state index contributed by atoms with van der Waals surface area (Å²) in [5, 5.41) is 20.9. The molecule has 0 saturated carbocycles. The van der Waals surface area contributed by atoms with Gasteiger partial charge in [0.15, 0.2) is 5.60 Å². The summed E-state index contributed by atoms with van der Waals surface area (Å²) in [5.41, 5.74) is 4.14. The lowest BCUT2D eigenvalue weighted by molar-refractivity contribution is -0.156. The number of aliphatic carboxylic acids is 1. The van der Waals surface area contributed by atoms with Gasteiger partial charge < -0.3 is 20.3 Å². The Morgan fingerprint density at radius 3 is 2.84 bits per heavy atom. The molecule has 1 aliphatic rings. The summed E-state index contributed by atoms with van der Waals surface area (Å²) in [5.74, 6) is -2.60. The van der Waals surface area contributed by atoms with E-state index in [-0.39, 0.29) is 12.3 Å². The molecule has 1 aromatic carbocycles. The van der Waals surface area contributed by atoms with Crippen molar-refractivity contribution < 1.29 is 33.3 Å². The number of carbonyl (C=O) groups is 2. The van der Waals surface area contributed by atoms with E-state index in [0.717, 1.165) is 6.92 Å². The molecule has 0 bridgehead atoms. The van der Waals surface area contributed by atoms with Crippen molar-refractivity contribution in [2.24, 2.45) is 5.92 Å². The van der Waals surface area contributed by atoms with Crippen LogP contribution in [0.1, 0.15) is 18.5 Å². The van der Waals surface area contributed by atoms with Gasteiger partial charge in [0.1, 0.15) is 5.75 Å². The predicted octanol–water partition coefficient (Wildman–Crippen LogP) is 0.00490. The van der Waals surface area contributed by atoms with Gasteiger partial charge in [-0.2, -0.15) is 8.78 Å². The number of amides is 1. The van der Waals surface area contributed by atoms with E-state index in [9.17, 15) is 23.5 Å². The Morgan fingerprint density at radius 2 is 2.20 bits per heavy atom. The molecule has 138 valence electrons. The number of carboxylic acid groups (broad SMARTS) is 1. The summed E-state index contributed by atoms with van der Waals surface area (Å²) >= 11 is 0. The second kappa shape index (κ2) is 7.72. The summed E-state index contributed by atoms with van der Waals surface area (Å²) < 4.78 is 29.0. The van der Waals surface area contributed by atoms with E-state index in [1.165, 1.54) is 18.2 Å². The first-order valence-electron chi connectivity index (χ1n) is 7.47. The van der Waals surface area contributed by atoms with Crippen molar-refractivity contribution in [3.63, 3.8) is 0 Å². The van der Waals surface area contributed by atoms with Crippen LogP contribution in [0.15, 0.2) is 24.3 Å². The second-order valence-electron chi connectivity index (χ2n) is 5.86. The Balaban J connectivity index is 2.07. The molecule has 1 fully saturated rings. The van der Waals surface area contributed by atoms with Crippen molar-refractivity contribution in [3.05, 3.63) is 29.8 Å². The molecule has 1 heterocycles. The topological polar surface area (TPSA) is 120 Å². The molecule has 1 saturated heterocycles. The van der Waals surface area contributed by atoms with Gasteiger partial charge in [-0.05, 0) is 24.6 Å². The first-order valence-corrected chi connectivity index (χ1v) is 7.47. The van der Waals surface area contributed by atoms with Gasteiger partial charge in [-0.15, -0.1) is 0 Å². The van der Waals surface area contributed by atoms with Gasteiger partial charge in [0.05, 0.1) is 18.5 Å². The van der Waals surface area contributed by atoms with E-state index in [2.05, 4.69) is 20.9 Å². The Labute approximate surface area is 142 Å². The molecule has 1 aromatic rings. The number of hydrogen-bond acceptors (Lipinski definition) is 6. The number of alkyl halides is 2. The third-order valence-electron chi connectivity index (χ3n) is 3.83. The van der Waals surface area contributed by atoms with E-state index < -0.39 is 42.6 Å². The molecule has 0 aromatic heterocycles. The Morgan fingerprint density at radius 1 is 1.48 bits per heavy atom. The first-order chi connectivity index (χ1) is 11.7. The maximum absolute atomic E-state index is 12.3. The molecule has 0 spiro atoms. The van der Waals surface area contributed by atoms with Gasteiger partial charge in [0.2, 0.25) is 5.91 Å². The first kappa shape index (κ1) is 19.0. The number of ether oxygens (including phenoxy) is 1. The maximum Gasteiger partial charge on any atom is 0.387 e. The van der Waals surface area contributed by atoms with Crippen LogP contribution in [-0.4, -0.2) is 47.4 Å². The van der Waals surface area contributed by atoms with Crippen LogP contribution in [0, 0.1) is 5.92 Å². The summed E-state index contributed by atoms with van der Waals surface area (Å²) in [6.07, 6.45) is 0. The highest BCUT2D eigenvalue weighted by molar-refractivity contribution is 5.82. The summed E-state index contributed by atoms with van der Waals surface area (Å²) in [4.78, 5) is 23.2. The quantitative estimate of drug-likeness (QED) is 0.465. The van der Waals surface area contributed by atoms with E-state index in [4.69, 9.17) is 5.11 Å². The summed E-state index contributed by atoms with van der Waals surface area (Å²) in [6.45, 7) is -2.10. The second-order valence-corrected chi connectivity index (χ2v) is 5.86. The lowest BCUT2D eigenvalue weighted by Crippen LogP contribution is -2.48. The third-order valence-corrected chi connectivity index (χ3v) is 3.83. The lowest BCUT2D eigenvalue weighted by atomic mass is 9.93. The molecule has 2 rings (SSSR count). The Bertz CT molecular complexity index is 641. The highest BCUT2D eigenvalue weighted by Gasteiger charge is 2.36. The van der Waals surface area contributed by atoms with Gasteiger partial charge in [-0.25, -0.2) is 10.2 Å². The lowest BCUT2D eigenvalue weighted by Gasteiger charge is -2.22. The van der Waals surface area contributed by atoms with Crippen molar-refractivity contribution in [2.75, 3.05) is 13.1 Å². The van der Waals surface area contributed by atoms with Gasteiger partial charge in [-0.1, -0.05) is 12.1 Å². The highest BCUT2D eigenvalue weighted by atomic mass is 19.3. The number of nitrogens with one attached hydrogen (secondary N) is 3. The molecule has 1 amide bonds. The van der Waals surface area contributed by atoms with Crippen LogP contribution in [0.25, 0.3) is 0 Å². The van der Waals surface area contributed by atoms with Gasteiger partial charge in [0.25, 0.3) is 0 Å². The molecule has 3 unspecified atom stereocenters. The molecule has 3 atom stereocenters. The zero-order valence-corrected chi connectivity index (χ0v) is 13.3. The molecular weight excluding hydrogens is 340 g/mol. The standard InChI is InChI=1S/C15H19F2N3O5/c1-15(24,13(22)23)7-18-12(21)10-6-19-20-11(10)8-3-2-4-9(5-8)25-14(16)17/h2-5,10-11,14,19-20,24H,6-7H2,1H3,(H,18,21)(H,22,23). The summed E-state index contributed by atoms with van der Waals surface area (Å²) in [6, 6.07) is 5.41. The zero-order chi connectivity index (χ0) is 18.6. The van der Waals surface area contributed by atoms with Gasteiger partial charge in [0, 0.05) is 6.54 Å². The molecule has 1 aliphatic heterocycles. The van der Waals surface area contributed by atoms with E-state index in [0.29, 0.717) is 5.56 Å². The largest absolute Gasteiger partial charge is 0.479 e. The molecule has 8 nitrogen and oxygen atoms in total. The molecule has 0 radical (unpaired) electrons. The number of carboxylic acids is 1. The van der Waals surface area contributed by atoms with Crippen LogP contribution >= 0.6 is 0 Å². The Hall–Kier alpha value is -2.30. The van der Waals surface area contributed by atoms with E-state index >= 15 is 0 Å². The summed E-state index contributed by atoms with van der Waals surface area (Å²) in [7, 11) is 0.